The van der Waals surface area contributed by atoms with E-state index in [1.54, 1.807) is 0 Å². The van der Waals surface area contributed by atoms with Gasteiger partial charge in [0.05, 0.1) is 6.61 Å². The predicted octanol–water partition coefficient (Wildman–Crippen LogP) is 2.87. The largest absolute Gasteiger partial charge is 0.493 e. The van der Waals surface area contributed by atoms with Crippen LogP contribution in [-0.2, 0) is 12.8 Å². The number of nitrogens with one attached hydrogen (secondary N) is 1. The molecule has 2 aromatic carbocycles. The number of nitrogens with zero attached hydrogens (tertiary/aromatic N) is 3. The summed E-state index contributed by atoms with van der Waals surface area (Å²) >= 11 is 0. The third-order valence-electron chi connectivity index (χ3n) is 6.32. The quantitative estimate of drug-likeness (QED) is 0.719. The zero-order valence-corrected chi connectivity index (χ0v) is 16.6. The molecule has 0 aliphatic carbocycles. The summed E-state index contributed by atoms with van der Waals surface area (Å²) < 4.78 is 6.06. The molecule has 3 aliphatic rings. The second kappa shape index (κ2) is 6.55. The molecule has 0 atom stereocenters. The van der Waals surface area contributed by atoms with Gasteiger partial charge in [-0.1, -0.05) is 48.5 Å². The lowest BCUT2D eigenvalue weighted by atomic mass is 9.73. The topological polar surface area (TPSA) is 67.4 Å². The van der Waals surface area contributed by atoms with Gasteiger partial charge in [-0.05, 0) is 24.5 Å². The highest BCUT2D eigenvalue weighted by atomic mass is 16.5. The van der Waals surface area contributed by atoms with E-state index in [1.807, 2.05) is 42.5 Å². The van der Waals surface area contributed by atoms with Crippen molar-refractivity contribution >= 4 is 11.7 Å². The minimum Gasteiger partial charge on any atom is -0.493 e. The number of fused-ring (bicyclic) bond motifs is 2. The molecule has 3 aliphatic heterocycles. The van der Waals surface area contributed by atoms with Gasteiger partial charge in [0, 0.05) is 36.2 Å². The van der Waals surface area contributed by atoms with Crippen LogP contribution in [0.1, 0.15) is 21.6 Å². The van der Waals surface area contributed by atoms with Crippen LogP contribution in [0, 0.1) is 5.41 Å². The molecule has 4 heterocycles. The normalized spacial score (nSPS) is 18.7. The summed E-state index contributed by atoms with van der Waals surface area (Å²) in [4.78, 5) is 24.4. The van der Waals surface area contributed by atoms with Gasteiger partial charge in [0.2, 0.25) is 0 Å². The van der Waals surface area contributed by atoms with Gasteiger partial charge in [0.15, 0.2) is 5.82 Å². The Kier molecular flexibility index (Phi) is 3.81. The summed E-state index contributed by atoms with van der Waals surface area (Å²) in [6.45, 7) is 3.10. The fourth-order valence-corrected chi connectivity index (χ4v) is 4.85. The summed E-state index contributed by atoms with van der Waals surface area (Å²) in [5, 5.41) is 2.92. The number of carbonyl (C=O) groups excluding carboxylic acids is 1. The van der Waals surface area contributed by atoms with Gasteiger partial charge in [0.1, 0.15) is 17.3 Å². The second-order valence-electron chi connectivity index (χ2n) is 8.50. The molecule has 3 aromatic rings. The number of rotatable bonds is 2. The van der Waals surface area contributed by atoms with E-state index >= 15 is 0 Å². The van der Waals surface area contributed by atoms with E-state index in [2.05, 4.69) is 27.3 Å². The maximum atomic E-state index is 12.5. The molecule has 0 radical (unpaired) electrons. The van der Waals surface area contributed by atoms with E-state index in [9.17, 15) is 4.79 Å². The smallest absolute Gasteiger partial charge is 0.270 e. The van der Waals surface area contributed by atoms with E-state index in [4.69, 9.17) is 9.72 Å². The maximum absolute atomic E-state index is 12.5. The van der Waals surface area contributed by atoms with Crippen LogP contribution >= 0.6 is 0 Å². The van der Waals surface area contributed by atoms with Crippen molar-refractivity contribution in [2.45, 2.75) is 12.8 Å². The molecular weight excluding hydrogens is 376 g/mol. The molecule has 1 aromatic heterocycles. The van der Waals surface area contributed by atoms with Crippen molar-refractivity contribution in [2.75, 3.05) is 31.1 Å². The number of amides is 1. The Morgan fingerprint density at radius 2 is 1.80 bits per heavy atom. The maximum Gasteiger partial charge on any atom is 0.270 e. The van der Waals surface area contributed by atoms with Gasteiger partial charge in [-0.15, -0.1) is 0 Å². The van der Waals surface area contributed by atoms with Gasteiger partial charge >= 0.3 is 0 Å². The van der Waals surface area contributed by atoms with Crippen molar-refractivity contribution < 1.29 is 9.53 Å². The average Bonchev–Trinajstić information content (AvgIpc) is 2.77. The first-order valence-electron chi connectivity index (χ1n) is 10.4. The van der Waals surface area contributed by atoms with Crippen molar-refractivity contribution in [3.05, 3.63) is 71.4 Å². The van der Waals surface area contributed by atoms with Crippen LogP contribution in [-0.4, -0.2) is 42.1 Å². The average molecular weight is 398 g/mol. The van der Waals surface area contributed by atoms with Crippen LogP contribution < -0.4 is 15.0 Å². The summed E-state index contributed by atoms with van der Waals surface area (Å²) in [6, 6.07) is 18.2. The van der Waals surface area contributed by atoms with Crippen molar-refractivity contribution in [1.82, 2.24) is 15.3 Å². The van der Waals surface area contributed by atoms with Gasteiger partial charge in [-0.3, -0.25) is 4.79 Å². The number of anilines is 1. The number of ether oxygens (including phenoxy) is 1. The van der Waals surface area contributed by atoms with E-state index in [-0.39, 0.29) is 11.3 Å². The Morgan fingerprint density at radius 1 is 1.00 bits per heavy atom. The van der Waals surface area contributed by atoms with Crippen LogP contribution in [0.15, 0.2) is 54.6 Å². The van der Waals surface area contributed by atoms with E-state index in [0.717, 1.165) is 55.2 Å². The molecule has 1 spiro atoms. The third kappa shape index (κ3) is 2.75. The molecular formula is C24H22N4O2. The van der Waals surface area contributed by atoms with Crippen LogP contribution in [0.25, 0.3) is 11.4 Å². The number of benzene rings is 2. The lowest BCUT2D eigenvalue weighted by Gasteiger charge is -2.53. The van der Waals surface area contributed by atoms with Crippen LogP contribution in [0.4, 0.5) is 5.82 Å². The Bertz CT molecular complexity index is 1140. The summed E-state index contributed by atoms with van der Waals surface area (Å²) in [5.74, 6) is 2.40. The number of hydrogen-bond donors (Lipinski definition) is 1. The molecule has 1 amide bonds. The molecule has 1 fully saturated rings. The fourth-order valence-electron chi connectivity index (χ4n) is 4.85. The van der Waals surface area contributed by atoms with Gasteiger partial charge in [-0.2, -0.15) is 0 Å². The van der Waals surface area contributed by atoms with Crippen molar-refractivity contribution in [3.8, 4) is 17.1 Å². The Labute approximate surface area is 174 Å². The lowest BCUT2D eigenvalue weighted by molar-refractivity contribution is 0.0870. The van der Waals surface area contributed by atoms with E-state index in [1.165, 1.54) is 5.56 Å². The second-order valence-corrected chi connectivity index (χ2v) is 8.50. The predicted molar refractivity (Wildman–Crippen MR) is 114 cm³/mol. The minimum absolute atomic E-state index is 0.107. The van der Waals surface area contributed by atoms with E-state index in [0.29, 0.717) is 18.1 Å². The summed E-state index contributed by atoms with van der Waals surface area (Å²) in [5.41, 5.74) is 3.78. The molecule has 1 N–H and O–H groups in total. The van der Waals surface area contributed by atoms with Crippen molar-refractivity contribution in [1.29, 1.82) is 0 Å². The molecule has 6 nitrogen and oxygen atoms in total. The first kappa shape index (κ1) is 17.4. The molecule has 1 saturated heterocycles. The summed E-state index contributed by atoms with van der Waals surface area (Å²) in [7, 11) is 0. The molecule has 30 heavy (non-hydrogen) atoms. The van der Waals surface area contributed by atoms with Gasteiger partial charge < -0.3 is 15.0 Å². The highest BCUT2D eigenvalue weighted by molar-refractivity contribution is 5.96. The highest BCUT2D eigenvalue weighted by Crippen LogP contribution is 2.43. The fraction of sp³-hybridized carbons (Fsp3) is 0.292. The summed E-state index contributed by atoms with van der Waals surface area (Å²) in [6.07, 6.45) is 1.77. The van der Waals surface area contributed by atoms with Crippen LogP contribution in [0.2, 0.25) is 0 Å². The Morgan fingerprint density at radius 3 is 2.67 bits per heavy atom. The zero-order valence-electron chi connectivity index (χ0n) is 16.6. The molecule has 6 rings (SSSR count). The molecule has 6 heteroatoms. The standard InChI is InChI=1S/C24H22N4O2/c29-23-20-18(10-11-25-23)22(27-21(26-20)16-6-2-1-3-7-16)28-13-24(14-28)12-17-8-4-5-9-19(17)30-15-24/h1-9H,10-15H2,(H,25,29). The van der Waals surface area contributed by atoms with Gasteiger partial charge in [0.25, 0.3) is 5.91 Å². The van der Waals surface area contributed by atoms with E-state index < -0.39 is 0 Å². The first-order chi connectivity index (χ1) is 14.7. The molecule has 0 bridgehead atoms. The number of aromatic nitrogens is 2. The first-order valence-corrected chi connectivity index (χ1v) is 10.4. The monoisotopic (exact) mass is 398 g/mol. The minimum atomic E-state index is -0.109. The SMILES string of the molecule is O=C1NCCc2c1nc(-c1ccccc1)nc2N1CC2(COc3ccccc3C2)C1. The molecule has 0 saturated carbocycles. The van der Waals surface area contributed by atoms with Crippen molar-refractivity contribution in [2.24, 2.45) is 5.41 Å². The number of hydrogen-bond acceptors (Lipinski definition) is 5. The number of carbonyl (C=O) groups is 1. The Hall–Kier alpha value is -3.41. The zero-order chi connectivity index (χ0) is 20.1. The number of para-hydroxylation sites is 1. The van der Waals surface area contributed by atoms with Gasteiger partial charge in [-0.25, -0.2) is 9.97 Å². The Balaban J connectivity index is 1.35. The van der Waals surface area contributed by atoms with Crippen molar-refractivity contribution in [3.63, 3.8) is 0 Å². The highest BCUT2D eigenvalue weighted by Gasteiger charge is 2.47. The third-order valence-corrected chi connectivity index (χ3v) is 6.32. The molecule has 0 unspecified atom stereocenters. The molecule has 150 valence electrons. The lowest BCUT2D eigenvalue weighted by Crippen LogP contribution is -2.62. The van der Waals surface area contributed by atoms with Crippen LogP contribution in [0.5, 0.6) is 5.75 Å². The van der Waals surface area contributed by atoms with Crippen LogP contribution in [0.3, 0.4) is 0 Å².